The molecule has 1 aliphatic rings. The van der Waals surface area contributed by atoms with E-state index in [1.54, 1.807) is 7.05 Å². The van der Waals surface area contributed by atoms with E-state index < -0.39 is 0 Å². The molecule has 2 aromatic rings. The molecule has 0 bridgehead atoms. The lowest BCUT2D eigenvalue weighted by molar-refractivity contribution is 0.0589. The number of H-pyrrole nitrogens is 1. The van der Waals surface area contributed by atoms with E-state index in [0.717, 1.165) is 30.9 Å². The molecule has 1 saturated heterocycles. The number of hydrogen-bond acceptors (Lipinski definition) is 5. The average molecular weight is 303 g/mol. The Hall–Kier alpha value is -2.25. The van der Waals surface area contributed by atoms with Gasteiger partial charge in [-0.3, -0.25) is 9.89 Å². The normalized spacial score (nSPS) is 18.9. The Labute approximate surface area is 128 Å². The molecule has 2 aromatic heterocycles. The highest BCUT2D eigenvalue weighted by molar-refractivity contribution is 5.92. The number of nitrogens with zero attached hydrogens (tertiary/aromatic N) is 6. The van der Waals surface area contributed by atoms with Crippen molar-refractivity contribution in [1.29, 1.82) is 0 Å². The standard InChI is InChI=1S/C14H21N7O/c1-9(2)12-16-13(18-17-12)10-6-4-5-7-21(10)14(22)11-8-15-19-20(11)3/h8-10H,4-7H2,1-3H3,(H,16,17,18). The van der Waals surface area contributed by atoms with Crippen LogP contribution in [0.1, 0.15) is 67.2 Å². The molecule has 22 heavy (non-hydrogen) atoms. The maximum Gasteiger partial charge on any atom is 0.274 e. The molecule has 0 aliphatic carbocycles. The molecular formula is C14H21N7O. The third-order valence-corrected chi connectivity index (χ3v) is 4.05. The fourth-order valence-corrected chi connectivity index (χ4v) is 2.78. The fourth-order valence-electron chi connectivity index (χ4n) is 2.78. The van der Waals surface area contributed by atoms with Crippen molar-refractivity contribution in [3.05, 3.63) is 23.5 Å². The van der Waals surface area contributed by atoms with E-state index in [4.69, 9.17) is 0 Å². The topological polar surface area (TPSA) is 92.6 Å². The van der Waals surface area contributed by atoms with Crippen LogP contribution in [0, 0.1) is 0 Å². The number of likely N-dealkylation sites (tertiary alicyclic amines) is 1. The number of carbonyl (C=O) groups excluding carboxylic acids is 1. The van der Waals surface area contributed by atoms with Gasteiger partial charge in [0.25, 0.3) is 5.91 Å². The molecule has 1 atom stereocenters. The monoisotopic (exact) mass is 303 g/mol. The van der Waals surface area contributed by atoms with Gasteiger partial charge in [0.15, 0.2) is 5.82 Å². The van der Waals surface area contributed by atoms with Gasteiger partial charge in [-0.15, -0.1) is 5.10 Å². The number of aromatic amines is 1. The number of piperidine rings is 1. The van der Waals surface area contributed by atoms with Gasteiger partial charge in [0, 0.05) is 19.5 Å². The van der Waals surface area contributed by atoms with Crippen LogP contribution >= 0.6 is 0 Å². The number of rotatable bonds is 3. The molecule has 8 nitrogen and oxygen atoms in total. The summed E-state index contributed by atoms with van der Waals surface area (Å²) < 4.78 is 1.51. The third-order valence-electron chi connectivity index (χ3n) is 4.05. The van der Waals surface area contributed by atoms with E-state index in [-0.39, 0.29) is 17.9 Å². The molecule has 1 fully saturated rings. The molecule has 8 heteroatoms. The van der Waals surface area contributed by atoms with Crippen molar-refractivity contribution in [2.24, 2.45) is 7.05 Å². The second kappa shape index (κ2) is 5.86. The molecule has 118 valence electrons. The fraction of sp³-hybridized carbons (Fsp3) is 0.643. The summed E-state index contributed by atoms with van der Waals surface area (Å²) in [5.74, 6) is 1.76. The Bertz CT molecular complexity index is 660. The van der Waals surface area contributed by atoms with Gasteiger partial charge in [-0.2, -0.15) is 5.10 Å². The van der Waals surface area contributed by atoms with E-state index in [0.29, 0.717) is 12.2 Å². The Morgan fingerprint density at radius 2 is 2.23 bits per heavy atom. The van der Waals surface area contributed by atoms with Gasteiger partial charge in [0.2, 0.25) is 0 Å². The van der Waals surface area contributed by atoms with Crippen molar-refractivity contribution < 1.29 is 4.79 Å². The van der Waals surface area contributed by atoms with Crippen molar-refractivity contribution >= 4 is 5.91 Å². The molecule has 1 amide bonds. The van der Waals surface area contributed by atoms with E-state index >= 15 is 0 Å². The quantitative estimate of drug-likeness (QED) is 0.925. The Balaban J connectivity index is 1.87. The van der Waals surface area contributed by atoms with Crippen molar-refractivity contribution in [1.82, 2.24) is 35.1 Å². The van der Waals surface area contributed by atoms with Gasteiger partial charge >= 0.3 is 0 Å². The molecule has 1 aliphatic heterocycles. The second-order valence-corrected chi connectivity index (χ2v) is 5.99. The number of aromatic nitrogens is 6. The SMILES string of the molecule is CC(C)c1n[nH]c(C2CCCCN2C(=O)c2cnnn2C)n1. The van der Waals surface area contributed by atoms with Gasteiger partial charge in [-0.05, 0) is 19.3 Å². The van der Waals surface area contributed by atoms with E-state index in [1.807, 2.05) is 4.90 Å². The number of aryl methyl sites for hydroxylation is 1. The predicted molar refractivity (Wildman–Crippen MR) is 79.1 cm³/mol. The first-order valence-electron chi connectivity index (χ1n) is 7.65. The zero-order valence-corrected chi connectivity index (χ0v) is 13.2. The largest absolute Gasteiger partial charge is 0.327 e. The molecule has 3 heterocycles. The molecule has 3 rings (SSSR count). The maximum atomic E-state index is 12.8. The lowest BCUT2D eigenvalue weighted by atomic mass is 10.0. The van der Waals surface area contributed by atoms with Crippen LogP contribution in [0.25, 0.3) is 0 Å². The zero-order valence-electron chi connectivity index (χ0n) is 13.2. The summed E-state index contributed by atoms with van der Waals surface area (Å²) >= 11 is 0. The van der Waals surface area contributed by atoms with Crippen LogP contribution < -0.4 is 0 Å². The molecule has 1 N–H and O–H groups in total. The Morgan fingerprint density at radius 1 is 1.41 bits per heavy atom. The summed E-state index contributed by atoms with van der Waals surface area (Å²) in [4.78, 5) is 19.2. The Kier molecular flexibility index (Phi) is 3.91. The first kappa shape index (κ1) is 14.7. The van der Waals surface area contributed by atoms with Crippen LogP contribution in [0.4, 0.5) is 0 Å². The minimum atomic E-state index is -0.0591. The maximum absolute atomic E-state index is 12.8. The molecule has 0 saturated carbocycles. The van der Waals surface area contributed by atoms with Gasteiger partial charge in [0.1, 0.15) is 11.5 Å². The van der Waals surface area contributed by atoms with Crippen LogP contribution in [0.2, 0.25) is 0 Å². The molecule has 1 unspecified atom stereocenters. The lowest BCUT2D eigenvalue weighted by Crippen LogP contribution is -2.39. The lowest BCUT2D eigenvalue weighted by Gasteiger charge is -2.34. The van der Waals surface area contributed by atoms with Gasteiger partial charge in [-0.1, -0.05) is 19.1 Å². The molecule has 0 aromatic carbocycles. The molecule has 0 spiro atoms. The highest BCUT2D eigenvalue weighted by atomic mass is 16.2. The minimum Gasteiger partial charge on any atom is -0.327 e. The molecule has 0 radical (unpaired) electrons. The van der Waals surface area contributed by atoms with Crippen LogP contribution in [-0.2, 0) is 7.05 Å². The second-order valence-electron chi connectivity index (χ2n) is 5.99. The summed E-state index contributed by atoms with van der Waals surface area (Å²) in [7, 11) is 1.73. The van der Waals surface area contributed by atoms with Crippen LogP contribution in [0.5, 0.6) is 0 Å². The Morgan fingerprint density at radius 3 is 2.86 bits per heavy atom. The highest BCUT2D eigenvalue weighted by Gasteiger charge is 2.32. The van der Waals surface area contributed by atoms with Crippen molar-refractivity contribution in [2.75, 3.05) is 6.54 Å². The summed E-state index contributed by atoms with van der Waals surface area (Å²) in [5.41, 5.74) is 0.496. The smallest absolute Gasteiger partial charge is 0.274 e. The number of carbonyl (C=O) groups is 1. The third kappa shape index (κ3) is 2.60. The molecular weight excluding hydrogens is 282 g/mol. The van der Waals surface area contributed by atoms with Crippen LogP contribution in [0.15, 0.2) is 6.20 Å². The minimum absolute atomic E-state index is 0.0558. The van der Waals surface area contributed by atoms with Gasteiger partial charge in [-0.25, -0.2) is 9.67 Å². The summed E-state index contributed by atoms with van der Waals surface area (Å²) in [6.45, 7) is 4.82. The first-order chi connectivity index (χ1) is 10.6. The van der Waals surface area contributed by atoms with Crippen molar-refractivity contribution in [3.63, 3.8) is 0 Å². The summed E-state index contributed by atoms with van der Waals surface area (Å²) in [5, 5.41) is 14.9. The van der Waals surface area contributed by atoms with E-state index in [2.05, 4.69) is 39.3 Å². The number of hydrogen-bond donors (Lipinski definition) is 1. The number of amides is 1. The van der Waals surface area contributed by atoms with Gasteiger partial charge < -0.3 is 4.90 Å². The predicted octanol–water partition coefficient (Wildman–Crippen LogP) is 1.42. The van der Waals surface area contributed by atoms with Crippen molar-refractivity contribution in [3.8, 4) is 0 Å². The first-order valence-corrected chi connectivity index (χ1v) is 7.65. The average Bonchev–Trinajstić information content (AvgIpc) is 3.15. The van der Waals surface area contributed by atoms with E-state index in [1.165, 1.54) is 10.9 Å². The van der Waals surface area contributed by atoms with Crippen LogP contribution in [-0.4, -0.2) is 47.5 Å². The van der Waals surface area contributed by atoms with Gasteiger partial charge in [0.05, 0.1) is 12.2 Å². The van der Waals surface area contributed by atoms with Crippen LogP contribution in [0.3, 0.4) is 0 Å². The number of nitrogens with one attached hydrogen (secondary N) is 1. The highest BCUT2D eigenvalue weighted by Crippen LogP contribution is 2.30. The zero-order chi connectivity index (χ0) is 15.7. The summed E-state index contributed by atoms with van der Waals surface area (Å²) in [6, 6.07) is -0.0591. The summed E-state index contributed by atoms with van der Waals surface area (Å²) in [6.07, 6.45) is 4.48. The van der Waals surface area contributed by atoms with Crippen molar-refractivity contribution in [2.45, 2.75) is 45.1 Å². The van der Waals surface area contributed by atoms with E-state index in [9.17, 15) is 4.79 Å².